The monoisotopic (exact) mass is 205 g/mol. The third-order valence-corrected chi connectivity index (χ3v) is 2.59. The zero-order valence-corrected chi connectivity index (χ0v) is 9.43. The van der Waals surface area contributed by atoms with Crippen LogP contribution in [0.25, 0.3) is 0 Å². The van der Waals surface area contributed by atoms with E-state index in [2.05, 4.69) is 11.2 Å². The van der Waals surface area contributed by atoms with Gasteiger partial charge in [-0.05, 0) is 32.0 Å². The minimum absolute atomic E-state index is 0.265. The molecular formula is C9H19NO2S. The lowest BCUT2D eigenvalue weighted by molar-refractivity contribution is -0.141. The summed E-state index contributed by atoms with van der Waals surface area (Å²) in [7, 11) is 1.97. The number of carboxylic acids is 1. The van der Waals surface area contributed by atoms with E-state index in [1.165, 1.54) is 0 Å². The number of nitrogens with zero attached hydrogens (tertiary/aromatic N) is 1. The van der Waals surface area contributed by atoms with Crippen LogP contribution in [0, 0.1) is 5.92 Å². The van der Waals surface area contributed by atoms with E-state index in [1.807, 2.05) is 18.8 Å². The molecule has 1 atom stereocenters. The van der Waals surface area contributed by atoms with E-state index in [9.17, 15) is 4.79 Å². The summed E-state index contributed by atoms with van der Waals surface area (Å²) in [5.41, 5.74) is 0. The van der Waals surface area contributed by atoms with Crippen molar-refractivity contribution in [1.82, 2.24) is 4.90 Å². The number of carbonyl (C=O) groups is 1. The quantitative estimate of drug-likeness (QED) is 0.638. The third kappa shape index (κ3) is 6.90. The van der Waals surface area contributed by atoms with Crippen molar-refractivity contribution >= 4 is 17.7 Å². The van der Waals surface area contributed by atoms with Crippen LogP contribution >= 0.6 is 11.8 Å². The lowest BCUT2D eigenvalue weighted by Gasteiger charge is -2.18. The summed E-state index contributed by atoms with van der Waals surface area (Å²) in [5, 5.41) is 8.67. The molecule has 78 valence electrons. The normalized spacial score (nSPS) is 13.2. The first-order valence-electron chi connectivity index (χ1n) is 4.48. The summed E-state index contributed by atoms with van der Waals surface area (Å²) in [6, 6.07) is 0. The van der Waals surface area contributed by atoms with Crippen molar-refractivity contribution in [2.45, 2.75) is 13.3 Å². The molecule has 1 unspecified atom stereocenters. The van der Waals surface area contributed by atoms with Gasteiger partial charge in [-0.2, -0.15) is 11.8 Å². The standard InChI is InChI=1S/C9H19NO2S/c1-8(9(11)12)7-10(2)5-4-6-13-3/h8H,4-7H2,1-3H3,(H,11,12). The molecule has 0 spiro atoms. The predicted molar refractivity (Wildman–Crippen MR) is 57.3 cm³/mol. The Bertz CT molecular complexity index is 153. The van der Waals surface area contributed by atoms with E-state index < -0.39 is 5.97 Å². The molecule has 0 radical (unpaired) electrons. The Kier molecular flexibility index (Phi) is 7.09. The molecule has 13 heavy (non-hydrogen) atoms. The first-order valence-corrected chi connectivity index (χ1v) is 5.87. The molecule has 0 aliphatic carbocycles. The van der Waals surface area contributed by atoms with E-state index in [-0.39, 0.29) is 5.92 Å². The second-order valence-electron chi connectivity index (χ2n) is 3.35. The minimum Gasteiger partial charge on any atom is -0.481 e. The molecule has 0 aromatic heterocycles. The van der Waals surface area contributed by atoms with Gasteiger partial charge in [0.25, 0.3) is 0 Å². The Hall–Kier alpha value is -0.220. The SMILES string of the molecule is CSCCCN(C)CC(C)C(=O)O. The van der Waals surface area contributed by atoms with Crippen molar-refractivity contribution in [3.05, 3.63) is 0 Å². The number of rotatable bonds is 7. The fourth-order valence-electron chi connectivity index (χ4n) is 1.12. The average molecular weight is 205 g/mol. The molecule has 0 saturated heterocycles. The molecule has 0 aromatic rings. The van der Waals surface area contributed by atoms with E-state index >= 15 is 0 Å². The molecular weight excluding hydrogens is 186 g/mol. The number of hydrogen-bond acceptors (Lipinski definition) is 3. The second kappa shape index (κ2) is 7.21. The van der Waals surface area contributed by atoms with Crippen LogP contribution in [0.15, 0.2) is 0 Å². The van der Waals surface area contributed by atoms with Gasteiger partial charge in [0.15, 0.2) is 0 Å². The second-order valence-corrected chi connectivity index (χ2v) is 4.33. The Labute approximate surface area is 84.5 Å². The van der Waals surface area contributed by atoms with Crippen LogP contribution in [0.2, 0.25) is 0 Å². The topological polar surface area (TPSA) is 40.5 Å². The van der Waals surface area contributed by atoms with Gasteiger partial charge in [0.2, 0.25) is 0 Å². The van der Waals surface area contributed by atoms with Crippen LogP contribution < -0.4 is 0 Å². The molecule has 0 fully saturated rings. The van der Waals surface area contributed by atoms with Crippen molar-refractivity contribution in [3.63, 3.8) is 0 Å². The summed E-state index contributed by atoms with van der Waals surface area (Å²) in [6.45, 7) is 3.37. The summed E-state index contributed by atoms with van der Waals surface area (Å²) in [5.74, 6) is 0.169. The van der Waals surface area contributed by atoms with E-state index in [0.717, 1.165) is 18.7 Å². The van der Waals surface area contributed by atoms with Gasteiger partial charge in [0.05, 0.1) is 5.92 Å². The van der Waals surface area contributed by atoms with Gasteiger partial charge in [-0.1, -0.05) is 6.92 Å². The van der Waals surface area contributed by atoms with Gasteiger partial charge >= 0.3 is 5.97 Å². The predicted octanol–water partition coefficient (Wildman–Crippen LogP) is 1.39. The maximum Gasteiger partial charge on any atom is 0.307 e. The molecule has 4 heteroatoms. The van der Waals surface area contributed by atoms with Crippen molar-refractivity contribution in [3.8, 4) is 0 Å². The fourth-order valence-corrected chi connectivity index (χ4v) is 1.53. The largest absolute Gasteiger partial charge is 0.481 e. The van der Waals surface area contributed by atoms with Crippen LogP contribution in [-0.2, 0) is 4.79 Å². The highest BCUT2D eigenvalue weighted by Gasteiger charge is 2.12. The van der Waals surface area contributed by atoms with Crippen LogP contribution in [0.5, 0.6) is 0 Å². The summed E-state index contributed by atoms with van der Waals surface area (Å²) in [4.78, 5) is 12.6. The Balaban J connectivity index is 3.49. The van der Waals surface area contributed by atoms with Crippen LogP contribution in [0.1, 0.15) is 13.3 Å². The van der Waals surface area contributed by atoms with Crippen molar-refractivity contribution in [2.75, 3.05) is 32.1 Å². The molecule has 0 amide bonds. The highest BCUT2D eigenvalue weighted by molar-refractivity contribution is 7.98. The van der Waals surface area contributed by atoms with E-state index in [1.54, 1.807) is 6.92 Å². The van der Waals surface area contributed by atoms with Crippen LogP contribution in [0.3, 0.4) is 0 Å². The third-order valence-electron chi connectivity index (χ3n) is 1.90. The molecule has 0 rings (SSSR count). The van der Waals surface area contributed by atoms with Crippen LogP contribution in [0.4, 0.5) is 0 Å². The van der Waals surface area contributed by atoms with E-state index in [0.29, 0.717) is 6.54 Å². The molecule has 0 heterocycles. The van der Waals surface area contributed by atoms with Gasteiger partial charge < -0.3 is 10.0 Å². The molecule has 0 bridgehead atoms. The Morgan fingerprint density at radius 1 is 1.62 bits per heavy atom. The number of aliphatic carboxylic acids is 1. The smallest absolute Gasteiger partial charge is 0.307 e. The van der Waals surface area contributed by atoms with Gasteiger partial charge in [0.1, 0.15) is 0 Å². The fraction of sp³-hybridized carbons (Fsp3) is 0.889. The highest BCUT2D eigenvalue weighted by Crippen LogP contribution is 2.01. The average Bonchev–Trinajstić information content (AvgIpc) is 2.04. The number of thioether (sulfide) groups is 1. The highest BCUT2D eigenvalue weighted by atomic mass is 32.2. The summed E-state index contributed by atoms with van der Waals surface area (Å²) in [6.07, 6.45) is 3.21. The number of hydrogen-bond donors (Lipinski definition) is 1. The van der Waals surface area contributed by atoms with Gasteiger partial charge in [-0.25, -0.2) is 0 Å². The maximum atomic E-state index is 10.5. The van der Waals surface area contributed by atoms with E-state index in [4.69, 9.17) is 5.11 Å². The molecule has 0 aromatic carbocycles. The first kappa shape index (κ1) is 12.8. The minimum atomic E-state index is -0.711. The number of carboxylic acid groups (broad SMARTS) is 1. The van der Waals surface area contributed by atoms with Crippen molar-refractivity contribution in [2.24, 2.45) is 5.92 Å². The Morgan fingerprint density at radius 2 is 2.23 bits per heavy atom. The van der Waals surface area contributed by atoms with Crippen molar-refractivity contribution < 1.29 is 9.90 Å². The first-order chi connectivity index (χ1) is 6.07. The lowest BCUT2D eigenvalue weighted by Crippen LogP contribution is -2.29. The summed E-state index contributed by atoms with van der Waals surface area (Å²) < 4.78 is 0. The molecule has 0 aliphatic heterocycles. The maximum absolute atomic E-state index is 10.5. The lowest BCUT2D eigenvalue weighted by atomic mass is 10.2. The molecule has 0 saturated carbocycles. The van der Waals surface area contributed by atoms with Gasteiger partial charge in [-0.15, -0.1) is 0 Å². The van der Waals surface area contributed by atoms with Crippen LogP contribution in [-0.4, -0.2) is 48.1 Å². The van der Waals surface area contributed by atoms with Gasteiger partial charge in [0, 0.05) is 6.54 Å². The Morgan fingerprint density at radius 3 is 2.69 bits per heavy atom. The molecule has 1 N–H and O–H groups in total. The summed E-state index contributed by atoms with van der Waals surface area (Å²) >= 11 is 1.83. The van der Waals surface area contributed by atoms with Gasteiger partial charge in [-0.3, -0.25) is 4.79 Å². The zero-order chi connectivity index (χ0) is 10.3. The zero-order valence-electron chi connectivity index (χ0n) is 8.62. The van der Waals surface area contributed by atoms with Crippen molar-refractivity contribution in [1.29, 1.82) is 0 Å². The molecule has 0 aliphatic rings. The molecule has 3 nitrogen and oxygen atoms in total.